The average molecular weight is 324 g/mol. The lowest BCUT2D eigenvalue weighted by Gasteiger charge is -2.26. The normalized spacial score (nSPS) is 23.2. The maximum atomic E-state index is 12.6. The van der Waals surface area contributed by atoms with Crippen molar-refractivity contribution < 1.29 is 13.2 Å². The summed E-state index contributed by atoms with van der Waals surface area (Å²) in [7, 11) is -3.02. The van der Waals surface area contributed by atoms with Gasteiger partial charge in [-0.05, 0) is 32.3 Å². The summed E-state index contributed by atoms with van der Waals surface area (Å²) in [5.41, 5.74) is 0.310. The quantitative estimate of drug-likeness (QED) is 0.857. The van der Waals surface area contributed by atoms with Crippen LogP contribution in [0.2, 0.25) is 0 Å². The smallest absolute Gasteiger partial charge is 0.272 e. The molecule has 120 valence electrons. The van der Waals surface area contributed by atoms with Crippen molar-refractivity contribution in [1.82, 2.24) is 14.9 Å². The number of rotatable bonds is 5. The Morgan fingerprint density at radius 3 is 2.77 bits per heavy atom. The molecule has 1 aromatic heterocycles. The van der Waals surface area contributed by atoms with E-state index in [9.17, 15) is 13.2 Å². The van der Waals surface area contributed by atoms with Crippen LogP contribution in [0.25, 0.3) is 0 Å². The van der Waals surface area contributed by atoms with E-state index in [-0.39, 0.29) is 23.5 Å². The molecule has 2 heterocycles. The molecular formula is C14H20N4O3S. The molecule has 8 heteroatoms. The van der Waals surface area contributed by atoms with Gasteiger partial charge in [0.1, 0.15) is 5.69 Å². The predicted octanol–water partition coefficient (Wildman–Crippen LogP) is 0.700. The average Bonchev–Trinajstić information content (AvgIpc) is 3.22. The van der Waals surface area contributed by atoms with E-state index in [1.807, 2.05) is 6.92 Å². The van der Waals surface area contributed by atoms with Crippen LogP contribution < -0.4 is 5.32 Å². The van der Waals surface area contributed by atoms with Gasteiger partial charge in [-0.1, -0.05) is 0 Å². The monoisotopic (exact) mass is 324 g/mol. The zero-order valence-electron chi connectivity index (χ0n) is 12.5. The van der Waals surface area contributed by atoms with Crippen LogP contribution in [0.3, 0.4) is 0 Å². The van der Waals surface area contributed by atoms with Crippen LogP contribution in [0.5, 0.6) is 0 Å². The fraction of sp³-hybridized carbons (Fsp3) is 0.643. The number of carbonyl (C=O) groups is 1. The molecule has 1 saturated heterocycles. The van der Waals surface area contributed by atoms with Gasteiger partial charge in [0, 0.05) is 24.8 Å². The van der Waals surface area contributed by atoms with Crippen molar-refractivity contribution in [3.63, 3.8) is 0 Å². The Morgan fingerprint density at radius 1 is 1.41 bits per heavy atom. The fourth-order valence-electron chi connectivity index (χ4n) is 2.69. The number of carbonyl (C=O) groups excluding carboxylic acids is 1. The van der Waals surface area contributed by atoms with E-state index < -0.39 is 9.84 Å². The first-order chi connectivity index (χ1) is 10.5. The summed E-state index contributed by atoms with van der Waals surface area (Å²) in [5.74, 6) is 0.430. The Bertz CT molecular complexity index is 672. The SMILES string of the molecule is CCN(C(=O)c1ccnc(NC2CC2)n1)C1CCS(=O)(=O)C1. The van der Waals surface area contributed by atoms with Gasteiger partial charge in [-0.15, -0.1) is 0 Å². The Labute approximate surface area is 130 Å². The first-order valence-corrected chi connectivity index (χ1v) is 9.41. The van der Waals surface area contributed by atoms with E-state index in [0.717, 1.165) is 12.8 Å². The molecule has 1 aliphatic carbocycles. The summed E-state index contributed by atoms with van der Waals surface area (Å²) < 4.78 is 23.3. The molecule has 3 rings (SSSR count). The second-order valence-electron chi connectivity index (χ2n) is 5.83. The summed E-state index contributed by atoms with van der Waals surface area (Å²) in [6.07, 6.45) is 4.26. The third kappa shape index (κ3) is 3.37. The summed E-state index contributed by atoms with van der Waals surface area (Å²) >= 11 is 0. The van der Waals surface area contributed by atoms with E-state index in [1.54, 1.807) is 17.2 Å². The largest absolute Gasteiger partial charge is 0.351 e. The number of hydrogen-bond donors (Lipinski definition) is 1. The first-order valence-electron chi connectivity index (χ1n) is 7.59. The van der Waals surface area contributed by atoms with Crippen LogP contribution in [0, 0.1) is 0 Å². The van der Waals surface area contributed by atoms with Gasteiger partial charge in [-0.3, -0.25) is 4.79 Å². The number of amides is 1. The fourth-order valence-corrected chi connectivity index (χ4v) is 4.42. The molecule has 22 heavy (non-hydrogen) atoms. The highest BCUT2D eigenvalue weighted by Crippen LogP contribution is 2.23. The van der Waals surface area contributed by atoms with E-state index in [1.165, 1.54) is 0 Å². The first kappa shape index (κ1) is 15.2. The predicted molar refractivity (Wildman–Crippen MR) is 82.4 cm³/mol. The van der Waals surface area contributed by atoms with E-state index in [0.29, 0.717) is 30.6 Å². The topological polar surface area (TPSA) is 92.3 Å². The van der Waals surface area contributed by atoms with Gasteiger partial charge in [-0.25, -0.2) is 18.4 Å². The van der Waals surface area contributed by atoms with Crippen molar-refractivity contribution in [2.24, 2.45) is 0 Å². The summed E-state index contributed by atoms with van der Waals surface area (Å²) in [4.78, 5) is 22.6. The van der Waals surface area contributed by atoms with Gasteiger partial charge in [-0.2, -0.15) is 0 Å². The lowest BCUT2D eigenvalue weighted by molar-refractivity contribution is 0.0702. The van der Waals surface area contributed by atoms with Gasteiger partial charge in [0.25, 0.3) is 5.91 Å². The minimum Gasteiger partial charge on any atom is -0.351 e. The van der Waals surface area contributed by atoms with Crippen molar-refractivity contribution >= 4 is 21.7 Å². The molecule has 7 nitrogen and oxygen atoms in total. The molecule has 0 aromatic carbocycles. The molecule has 0 bridgehead atoms. The van der Waals surface area contributed by atoms with E-state index in [2.05, 4.69) is 15.3 Å². The van der Waals surface area contributed by atoms with Gasteiger partial charge in [0.05, 0.1) is 11.5 Å². The second kappa shape index (κ2) is 5.83. The Balaban J connectivity index is 1.76. The highest BCUT2D eigenvalue weighted by molar-refractivity contribution is 7.91. The zero-order chi connectivity index (χ0) is 15.7. The lowest BCUT2D eigenvalue weighted by atomic mass is 10.2. The molecule has 2 aliphatic rings. The highest BCUT2D eigenvalue weighted by atomic mass is 32.2. The number of hydrogen-bond acceptors (Lipinski definition) is 6. The van der Waals surface area contributed by atoms with Crippen LogP contribution in [0.15, 0.2) is 12.3 Å². The van der Waals surface area contributed by atoms with Crippen molar-refractivity contribution in [2.75, 3.05) is 23.4 Å². The summed E-state index contributed by atoms with van der Waals surface area (Å²) in [5, 5.41) is 3.16. The molecule has 1 unspecified atom stereocenters. The minimum absolute atomic E-state index is 0.0465. The van der Waals surface area contributed by atoms with Crippen molar-refractivity contribution in [2.45, 2.75) is 38.3 Å². The Kier molecular flexibility index (Phi) is 4.03. The summed E-state index contributed by atoms with van der Waals surface area (Å²) in [6.45, 7) is 2.32. The zero-order valence-corrected chi connectivity index (χ0v) is 13.3. The van der Waals surface area contributed by atoms with Gasteiger partial charge in [0.2, 0.25) is 5.95 Å². The number of aromatic nitrogens is 2. The van der Waals surface area contributed by atoms with Crippen molar-refractivity contribution in [3.05, 3.63) is 18.0 Å². The third-order valence-corrected chi connectivity index (χ3v) is 5.79. The molecule has 1 atom stereocenters. The third-order valence-electron chi connectivity index (χ3n) is 4.04. The molecule has 1 saturated carbocycles. The Hall–Kier alpha value is -1.70. The van der Waals surface area contributed by atoms with Gasteiger partial charge in [0.15, 0.2) is 9.84 Å². The molecule has 1 aliphatic heterocycles. The van der Waals surface area contributed by atoms with Crippen molar-refractivity contribution in [1.29, 1.82) is 0 Å². The molecule has 1 N–H and O–H groups in total. The van der Waals surface area contributed by atoms with E-state index in [4.69, 9.17) is 0 Å². The lowest BCUT2D eigenvalue weighted by Crippen LogP contribution is -2.41. The molecule has 1 amide bonds. The number of nitrogens with one attached hydrogen (secondary N) is 1. The second-order valence-corrected chi connectivity index (χ2v) is 8.06. The van der Waals surface area contributed by atoms with Crippen LogP contribution in [0.4, 0.5) is 5.95 Å². The number of sulfone groups is 1. The van der Waals surface area contributed by atoms with Crippen LogP contribution in [0.1, 0.15) is 36.7 Å². The standard InChI is InChI=1S/C14H20N4O3S/c1-2-18(11-6-8-22(20,21)9-11)13(19)12-5-7-15-14(17-12)16-10-3-4-10/h5,7,10-11H,2-4,6,8-9H2,1H3,(H,15,16,17). The maximum absolute atomic E-state index is 12.6. The minimum atomic E-state index is -3.02. The van der Waals surface area contributed by atoms with Crippen LogP contribution >= 0.6 is 0 Å². The van der Waals surface area contributed by atoms with E-state index >= 15 is 0 Å². The highest BCUT2D eigenvalue weighted by Gasteiger charge is 2.34. The Morgan fingerprint density at radius 2 is 2.18 bits per heavy atom. The van der Waals surface area contributed by atoms with Gasteiger partial charge >= 0.3 is 0 Å². The molecular weight excluding hydrogens is 304 g/mol. The van der Waals surface area contributed by atoms with Crippen LogP contribution in [-0.2, 0) is 9.84 Å². The summed E-state index contributed by atoms with van der Waals surface area (Å²) in [6, 6.07) is 1.73. The van der Waals surface area contributed by atoms with Crippen molar-refractivity contribution in [3.8, 4) is 0 Å². The molecule has 2 fully saturated rings. The maximum Gasteiger partial charge on any atom is 0.272 e. The van der Waals surface area contributed by atoms with Gasteiger partial charge < -0.3 is 10.2 Å². The molecule has 0 radical (unpaired) electrons. The van der Waals surface area contributed by atoms with Crippen LogP contribution in [-0.4, -0.2) is 59.3 Å². The number of nitrogens with zero attached hydrogens (tertiary/aromatic N) is 3. The molecule has 1 aromatic rings. The number of anilines is 1. The molecule has 0 spiro atoms.